The Bertz CT molecular complexity index is 385. The van der Waals surface area contributed by atoms with Crippen molar-refractivity contribution in [1.82, 2.24) is 5.32 Å². The normalized spacial score (nSPS) is 21.0. The van der Waals surface area contributed by atoms with Gasteiger partial charge in [0, 0.05) is 12.0 Å². The van der Waals surface area contributed by atoms with Gasteiger partial charge in [0.05, 0.1) is 16.7 Å². The Balaban J connectivity index is 2.31. The van der Waals surface area contributed by atoms with Crippen LogP contribution in [0.1, 0.15) is 56.4 Å². The number of hydrogen-bond acceptors (Lipinski definition) is 3. The van der Waals surface area contributed by atoms with Gasteiger partial charge in [-0.3, -0.25) is 0 Å². The molecule has 0 saturated heterocycles. The van der Waals surface area contributed by atoms with Crippen LogP contribution < -0.4 is 5.32 Å². The first-order valence-corrected chi connectivity index (χ1v) is 8.50. The lowest BCUT2D eigenvalue weighted by molar-refractivity contribution is -0.0527. The summed E-state index contributed by atoms with van der Waals surface area (Å²) in [7, 11) is 1.86. The molecule has 2 nitrogen and oxygen atoms in total. The standard InChI is InChI=1S/C15H24ClNOS/c1-3-17-14(13-12(16)8-11-19-13)15(18-2)9-6-4-5-7-10-15/h8,11,14,17H,3-7,9-10H2,1-2H3. The summed E-state index contributed by atoms with van der Waals surface area (Å²) < 4.78 is 6.04. The molecule has 1 N–H and O–H groups in total. The van der Waals surface area contributed by atoms with E-state index < -0.39 is 0 Å². The number of rotatable bonds is 5. The van der Waals surface area contributed by atoms with E-state index in [-0.39, 0.29) is 11.6 Å². The Kier molecular flexibility index (Phi) is 5.70. The monoisotopic (exact) mass is 301 g/mol. The molecule has 108 valence electrons. The number of thiophene rings is 1. The van der Waals surface area contributed by atoms with Crippen LogP contribution in [0.3, 0.4) is 0 Å². The van der Waals surface area contributed by atoms with Crippen molar-refractivity contribution in [2.24, 2.45) is 0 Å². The van der Waals surface area contributed by atoms with Gasteiger partial charge < -0.3 is 10.1 Å². The third kappa shape index (κ3) is 3.33. The summed E-state index contributed by atoms with van der Waals surface area (Å²) in [6, 6.07) is 2.21. The number of nitrogens with one attached hydrogen (secondary N) is 1. The van der Waals surface area contributed by atoms with Gasteiger partial charge in [-0.2, -0.15) is 0 Å². The van der Waals surface area contributed by atoms with Crippen LogP contribution in [0, 0.1) is 0 Å². The van der Waals surface area contributed by atoms with Crippen molar-refractivity contribution in [2.75, 3.05) is 13.7 Å². The third-order valence-electron chi connectivity index (χ3n) is 4.20. The molecule has 1 aromatic heterocycles. The van der Waals surface area contributed by atoms with Gasteiger partial charge in [0.2, 0.25) is 0 Å². The molecule has 0 aliphatic heterocycles. The summed E-state index contributed by atoms with van der Waals surface area (Å²) in [5.41, 5.74) is -0.0962. The molecular weight excluding hydrogens is 278 g/mol. The van der Waals surface area contributed by atoms with E-state index in [1.807, 2.05) is 13.2 Å². The van der Waals surface area contributed by atoms with Gasteiger partial charge in [0.15, 0.2) is 0 Å². The van der Waals surface area contributed by atoms with E-state index in [2.05, 4.69) is 17.6 Å². The predicted molar refractivity (Wildman–Crippen MR) is 83.2 cm³/mol. The van der Waals surface area contributed by atoms with E-state index in [9.17, 15) is 0 Å². The minimum absolute atomic E-state index is 0.0962. The fourth-order valence-electron chi connectivity index (χ4n) is 3.17. The summed E-state index contributed by atoms with van der Waals surface area (Å²) in [6.07, 6.45) is 7.38. The minimum atomic E-state index is -0.0962. The Morgan fingerprint density at radius 1 is 1.37 bits per heavy atom. The molecule has 0 spiro atoms. The van der Waals surface area contributed by atoms with E-state index in [4.69, 9.17) is 16.3 Å². The van der Waals surface area contributed by atoms with Crippen LogP contribution in [0.5, 0.6) is 0 Å². The van der Waals surface area contributed by atoms with Crippen molar-refractivity contribution in [2.45, 2.75) is 57.1 Å². The second kappa shape index (κ2) is 7.07. The molecule has 0 radical (unpaired) electrons. The molecular formula is C15H24ClNOS. The predicted octanol–water partition coefficient (Wildman–Crippen LogP) is 4.79. The number of halogens is 1. The fourth-order valence-corrected chi connectivity index (χ4v) is 4.52. The van der Waals surface area contributed by atoms with Crippen molar-refractivity contribution in [1.29, 1.82) is 0 Å². The molecule has 4 heteroatoms. The second-order valence-electron chi connectivity index (χ2n) is 5.31. The van der Waals surface area contributed by atoms with Crippen molar-refractivity contribution in [3.8, 4) is 0 Å². The summed E-state index contributed by atoms with van der Waals surface area (Å²) in [6.45, 7) is 3.08. The summed E-state index contributed by atoms with van der Waals surface area (Å²) in [4.78, 5) is 1.23. The summed E-state index contributed by atoms with van der Waals surface area (Å²) >= 11 is 8.10. The Hall–Kier alpha value is -0.0900. The SMILES string of the molecule is CCNC(c1sccc1Cl)C1(OC)CCCCCC1. The van der Waals surface area contributed by atoms with Crippen LogP contribution in [0.2, 0.25) is 5.02 Å². The van der Waals surface area contributed by atoms with Gasteiger partial charge in [-0.15, -0.1) is 11.3 Å². The van der Waals surface area contributed by atoms with Gasteiger partial charge in [0.1, 0.15) is 0 Å². The van der Waals surface area contributed by atoms with Crippen molar-refractivity contribution in [3.05, 3.63) is 21.3 Å². The molecule has 1 aliphatic rings. The Morgan fingerprint density at radius 2 is 2.05 bits per heavy atom. The molecule has 1 heterocycles. The highest BCUT2D eigenvalue weighted by Crippen LogP contribution is 2.43. The number of likely N-dealkylation sites (N-methyl/N-ethyl adjacent to an activating group) is 1. The molecule has 0 bridgehead atoms. The zero-order valence-electron chi connectivity index (χ0n) is 11.9. The first-order valence-electron chi connectivity index (χ1n) is 7.25. The maximum absolute atomic E-state index is 6.36. The van der Waals surface area contributed by atoms with Gasteiger partial charge in [0.25, 0.3) is 0 Å². The van der Waals surface area contributed by atoms with Crippen LogP contribution >= 0.6 is 22.9 Å². The first kappa shape index (κ1) is 15.3. The van der Waals surface area contributed by atoms with Gasteiger partial charge in [-0.05, 0) is 30.8 Å². The highest BCUT2D eigenvalue weighted by Gasteiger charge is 2.41. The maximum Gasteiger partial charge on any atom is 0.0881 e. The molecule has 0 aromatic carbocycles. The number of hydrogen-bond donors (Lipinski definition) is 1. The average molecular weight is 302 g/mol. The summed E-state index contributed by atoms with van der Waals surface area (Å²) in [5.74, 6) is 0. The molecule has 1 aliphatic carbocycles. The lowest BCUT2D eigenvalue weighted by atomic mass is 9.85. The molecule has 1 atom stereocenters. The van der Waals surface area contributed by atoms with Crippen molar-refractivity contribution >= 4 is 22.9 Å². The topological polar surface area (TPSA) is 21.3 Å². The quantitative estimate of drug-likeness (QED) is 0.789. The highest BCUT2D eigenvalue weighted by atomic mass is 35.5. The molecule has 1 fully saturated rings. The van der Waals surface area contributed by atoms with Crippen LogP contribution in [0.4, 0.5) is 0 Å². The van der Waals surface area contributed by atoms with Crippen LogP contribution in [0.25, 0.3) is 0 Å². The fraction of sp³-hybridized carbons (Fsp3) is 0.733. The molecule has 0 amide bonds. The third-order valence-corrected chi connectivity index (χ3v) is 5.62. The Morgan fingerprint density at radius 3 is 2.53 bits per heavy atom. The van der Waals surface area contributed by atoms with Gasteiger partial charge in [-0.1, -0.05) is 44.2 Å². The van der Waals surface area contributed by atoms with Gasteiger partial charge in [-0.25, -0.2) is 0 Å². The van der Waals surface area contributed by atoms with E-state index >= 15 is 0 Å². The zero-order valence-corrected chi connectivity index (χ0v) is 13.4. The number of methoxy groups -OCH3 is 1. The average Bonchev–Trinajstić information content (AvgIpc) is 2.70. The van der Waals surface area contributed by atoms with E-state index in [0.717, 1.165) is 24.4 Å². The van der Waals surface area contributed by atoms with E-state index in [0.29, 0.717) is 0 Å². The van der Waals surface area contributed by atoms with Crippen LogP contribution in [0.15, 0.2) is 11.4 Å². The lowest BCUT2D eigenvalue weighted by Gasteiger charge is -2.39. The van der Waals surface area contributed by atoms with Gasteiger partial charge >= 0.3 is 0 Å². The highest BCUT2D eigenvalue weighted by molar-refractivity contribution is 7.10. The summed E-state index contributed by atoms with van der Waals surface area (Å²) in [5, 5.41) is 6.56. The maximum atomic E-state index is 6.36. The van der Waals surface area contributed by atoms with Crippen molar-refractivity contribution in [3.63, 3.8) is 0 Å². The molecule has 1 saturated carbocycles. The Labute approximate surface area is 125 Å². The molecule has 1 unspecified atom stereocenters. The lowest BCUT2D eigenvalue weighted by Crippen LogP contribution is -2.45. The first-order chi connectivity index (χ1) is 9.23. The smallest absolute Gasteiger partial charge is 0.0881 e. The van der Waals surface area contributed by atoms with E-state index in [1.54, 1.807) is 11.3 Å². The molecule has 2 rings (SSSR count). The van der Waals surface area contributed by atoms with Crippen molar-refractivity contribution < 1.29 is 4.74 Å². The zero-order chi connectivity index (χ0) is 13.7. The molecule has 1 aromatic rings. The number of ether oxygens (including phenoxy) is 1. The van der Waals surface area contributed by atoms with E-state index in [1.165, 1.54) is 30.6 Å². The minimum Gasteiger partial charge on any atom is -0.376 e. The molecule has 19 heavy (non-hydrogen) atoms. The largest absolute Gasteiger partial charge is 0.376 e. The van der Waals surface area contributed by atoms with Crippen LogP contribution in [-0.2, 0) is 4.74 Å². The second-order valence-corrected chi connectivity index (χ2v) is 6.66. The van der Waals surface area contributed by atoms with Crippen LogP contribution in [-0.4, -0.2) is 19.3 Å².